The molecule has 1 atom stereocenters. The van der Waals surface area contributed by atoms with E-state index in [0.29, 0.717) is 10.6 Å². The summed E-state index contributed by atoms with van der Waals surface area (Å²) in [6.07, 6.45) is 19.4. The van der Waals surface area contributed by atoms with Crippen LogP contribution in [0.4, 0.5) is 0 Å². The predicted molar refractivity (Wildman–Crippen MR) is 148 cm³/mol. The van der Waals surface area contributed by atoms with Crippen LogP contribution in [0.3, 0.4) is 0 Å². The maximum absolute atomic E-state index is 8.47. The second-order valence-corrected chi connectivity index (χ2v) is 11.0. The SMILES string of the molecule is CC1CCN(CCCC2CCCC2)C1.CCC1CCCCC1.Cc1ccc(C#N)c(Cl)c1.O=CO. The molecule has 4 nitrogen and oxygen atoms in total. The van der Waals surface area contributed by atoms with Crippen LogP contribution in [0, 0.1) is 36.0 Å². The van der Waals surface area contributed by atoms with Gasteiger partial charge in [-0.3, -0.25) is 4.79 Å². The van der Waals surface area contributed by atoms with E-state index in [1.807, 2.05) is 19.1 Å². The van der Waals surface area contributed by atoms with Crippen LogP contribution in [0.25, 0.3) is 0 Å². The van der Waals surface area contributed by atoms with Gasteiger partial charge in [0, 0.05) is 6.54 Å². The summed E-state index contributed by atoms with van der Waals surface area (Å²) >= 11 is 5.71. The lowest BCUT2D eigenvalue weighted by Crippen LogP contribution is -2.21. The molecule has 4 rings (SSSR count). The molecule has 2 saturated carbocycles. The van der Waals surface area contributed by atoms with Crippen molar-refractivity contribution in [3.8, 4) is 6.07 Å². The lowest BCUT2D eigenvalue weighted by Gasteiger charge is -2.18. The molecule has 35 heavy (non-hydrogen) atoms. The number of likely N-dealkylation sites (tertiary alicyclic amines) is 1. The molecular formula is C30H49ClN2O2. The first-order chi connectivity index (χ1) is 16.9. The number of nitriles is 1. The van der Waals surface area contributed by atoms with Gasteiger partial charge in [0.25, 0.3) is 6.47 Å². The molecule has 198 valence electrons. The van der Waals surface area contributed by atoms with Gasteiger partial charge in [-0.1, -0.05) is 95.7 Å². The van der Waals surface area contributed by atoms with Gasteiger partial charge in [-0.2, -0.15) is 5.26 Å². The lowest BCUT2D eigenvalue weighted by molar-refractivity contribution is -0.122. The zero-order valence-corrected chi connectivity index (χ0v) is 23.2. The van der Waals surface area contributed by atoms with Crippen LogP contribution in [-0.4, -0.2) is 36.1 Å². The van der Waals surface area contributed by atoms with Crippen LogP contribution in [0.1, 0.15) is 108 Å². The molecule has 1 aromatic rings. The third-order valence-corrected chi connectivity index (χ3v) is 7.93. The van der Waals surface area contributed by atoms with Gasteiger partial charge in [0.2, 0.25) is 0 Å². The van der Waals surface area contributed by atoms with E-state index in [9.17, 15) is 0 Å². The van der Waals surface area contributed by atoms with Crippen LogP contribution in [0.5, 0.6) is 0 Å². The van der Waals surface area contributed by atoms with E-state index in [4.69, 9.17) is 26.8 Å². The van der Waals surface area contributed by atoms with Crippen LogP contribution < -0.4 is 0 Å². The molecule has 0 radical (unpaired) electrons. The highest BCUT2D eigenvalue weighted by Gasteiger charge is 2.19. The molecule has 0 spiro atoms. The molecule has 1 heterocycles. The lowest BCUT2D eigenvalue weighted by atomic mass is 9.88. The number of carbonyl (C=O) groups is 1. The third kappa shape index (κ3) is 14.6. The molecule has 3 aliphatic rings. The van der Waals surface area contributed by atoms with Crippen LogP contribution in [0.15, 0.2) is 18.2 Å². The number of benzene rings is 1. The van der Waals surface area contributed by atoms with E-state index in [0.717, 1.165) is 23.3 Å². The monoisotopic (exact) mass is 504 g/mol. The number of nitrogens with zero attached hydrogens (tertiary/aromatic N) is 2. The Morgan fingerprint density at radius 1 is 1.09 bits per heavy atom. The maximum atomic E-state index is 8.47. The first-order valence-corrected chi connectivity index (χ1v) is 14.3. The van der Waals surface area contributed by atoms with Crippen molar-refractivity contribution in [3.63, 3.8) is 0 Å². The Hall–Kier alpha value is -1.57. The fraction of sp³-hybridized carbons (Fsp3) is 0.733. The molecule has 0 amide bonds. The second kappa shape index (κ2) is 19.6. The van der Waals surface area contributed by atoms with Crippen molar-refractivity contribution in [1.29, 1.82) is 5.26 Å². The predicted octanol–water partition coefficient (Wildman–Crippen LogP) is 8.50. The first kappa shape index (κ1) is 31.5. The minimum absolute atomic E-state index is 0.250. The number of rotatable bonds is 5. The average molecular weight is 505 g/mol. The van der Waals surface area contributed by atoms with E-state index in [1.54, 1.807) is 12.1 Å². The summed E-state index contributed by atoms with van der Waals surface area (Å²) < 4.78 is 0. The molecular weight excluding hydrogens is 456 g/mol. The van der Waals surface area contributed by atoms with Gasteiger partial charge in [-0.25, -0.2) is 0 Å². The highest BCUT2D eigenvalue weighted by Crippen LogP contribution is 2.29. The highest BCUT2D eigenvalue weighted by molar-refractivity contribution is 6.31. The van der Waals surface area contributed by atoms with Gasteiger partial charge < -0.3 is 10.0 Å². The van der Waals surface area contributed by atoms with Gasteiger partial charge >= 0.3 is 0 Å². The summed E-state index contributed by atoms with van der Waals surface area (Å²) in [5.41, 5.74) is 1.61. The molecule has 1 unspecified atom stereocenters. The molecule has 1 aliphatic heterocycles. The van der Waals surface area contributed by atoms with Crippen molar-refractivity contribution < 1.29 is 9.90 Å². The zero-order chi connectivity index (χ0) is 25.9. The second-order valence-electron chi connectivity index (χ2n) is 10.6. The first-order valence-electron chi connectivity index (χ1n) is 13.9. The van der Waals surface area contributed by atoms with Gasteiger partial charge in [-0.05, 0) is 74.7 Å². The number of aryl methyl sites for hydroxylation is 1. The van der Waals surface area contributed by atoms with Gasteiger partial charge in [0.05, 0.1) is 10.6 Å². The van der Waals surface area contributed by atoms with Gasteiger partial charge in [0.15, 0.2) is 0 Å². The van der Waals surface area contributed by atoms with Crippen molar-refractivity contribution >= 4 is 18.1 Å². The smallest absolute Gasteiger partial charge is 0.290 e. The van der Waals surface area contributed by atoms with E-state index in [2.05, 4.69) is 18.7 Å². The number of carboxylic acid groups (broad SMARTS) is 1. The summed E-state index contributed by atoms with van der Waals surface area (Å²) in [4.78, 5) is 11.0. The Kier molecular flexibility index (Phi) is 17.6. The Morgan fingerprint density at radius 3 is 2.17 bits per heavy atom. The zero-order valence-electron chi connectivity index (χ0n) is 22.5. The van der Waals surface area contributed by atoms with Crippen molar-refractivity contribution in [2.45, 2.75) is 104 Å². The van der Waals surface area contributed by atoms with Crippen molar-refractivity contribution in [2.75, 3.05) is 19.6 Å². The van der Waals surface area contributed by atoms with Crippen LogP contribution in [0.2, 0.25) is 5.02 Å². The molecule has 0 bridgehead atoms. The number of hydrogen-bond donors (Lipinski definition) is 1. The Morgan fingerprint density at radius 2 is 1.69 bits per heavy atom. The fourth-order valence-corrected chi connectivity index (χ4v) is 5.72. The average Bonchev–Trinajstić information content (AvgIpc) is 3.53. The molecule has 1 saturated heterocycles. The van der Waals surface area contributed by atoms with Crippen LogP contribution >= 0.6 is 11.6 Å². The number of halogens is 1. The minimum atomic E-state index is -0.250. The minimum Gasteiger partial charge on any atom is -0.483 e. The van der Waals surface area contributed by atoms with E-state index >= 15 is 0 Å². The largest absolute Gasteiger partial charge is 0.483 e. The van der Waals surface area contributed by atoms with Gasteiger partial charge in [-0.15, -0.1) is 0 Å². The molecule has 1 N–H and O–H groups in total. The maximum Gasteiger partial charge on any atom is 0.290 e. The Labute approximate surface area is 220 Å². The standard InChI is InChI=1S/C13H25N.C8H6ClN.C8H16.CH2O2/c1-12-8-10-14(11-12)9-4-7-13-5-2-3-6-13;1-6-2-3-7(5-10)8(9)4-6;1-2-8-6-4-3-5-7-8;2-1-3/h12-13H,2-11H2,1H3;2-4H,1H3;8H,2-7H2,1H3;1H,(H,2,3). The summed E-state index contributed by atoms with van der Waals surface area (Å²) in [7, 11) is 0. The van der Waals surface area contributed by atoms with E-state index < -0.39 is 0 Å². The third-order valence-electron chi connectivity index (χ3n) is 7.62. The van der Waals surface area contributed by atoms with E-state index in [-0.39, 0.29) is 6.47 Å². The van der Waals surface area contributed by atoms with Gasteiger partial charge in [0.1, 0.15) is 6.07 Å². The summed E-state index contributed by atoms with van der Waals surface area (Å²) in [6.45, 7) is 10.5. The molecule has 1 aromatic carbocycles. The quantitative estimate of drug-likeness (QED) is 0.408. The van der Waals surface area contributed by atoms with Crippen LogP contribution in [-0.2, 0) is 4.79 Å². The summed E-state index contributed by atoms with van der Waals surface area (Å²) in [6, 6.07) is 7.35. The fourth-order valence-electron chi connectivity index (χ4n) is 5.44. The highest BCUT2D eigenvalue weighted by atomic mass is 35.5. The van der Waals surface area contributed by atoms with Crippen molar-refractivity contribution in [1.82, 2.24) is 4.90 Å². The molecule has 3 fully saturated rings. The summed E-state index contributed by atoms with van der Waals surface area (Å²) in [5.74, 6) is 3.14. The van der Waals surface area contributed by atoms with E-state index in [1.165, 1.54) is 103 Å². The van der Waals surface area contributed by atoms with Crippen molar-refractivity contribution in [3.05, 3.63) is 34.3 Å². The normalized spacial score (nSPS) is 20.4. The summed E-state index contributed by atoms with van der Waals surface area (Å²) in [5, 5.41) is 15.9. The molecule has 0 aromatic heterocycles. The topological polar surface area (TPSA) is 64.3 Å². The number of hydrogen-bond acceptors (Lipinski definition) is 3. The molecule has 5 heteroatoms. The molecule has 2 aliphatic carbocycles. The Balaban J connectivity index is 0.000000258. The Bertz CT molecular complexity index is 722. The van der Waals surface area contributed by atoms with Crippen molar-refractivity contribution in [2.24, 2.45) is 17.8 Å².